The zero-order chi connectivity index (χ0) is 10.1. The van der Waals surface area contributed by atoms with Crippen molar-refractivity contribution in [2.45, 2.75) is 6.18 Å². The van der Waals surface area contributed by atoms with Crippen LogP contribution in [0.5, 0.6) is 0 Å². The molecule has 0 unspecified atom stereocenters. The van der Waals surface area contributed by atoms with Crippen LogP contribution in [-0.2, 0) is 6.18 Å². The van der Waals surface area contributed by atoms with Crippen molar-refractivity contribution in [3.8, 4) is 0 Å². The lowest BCUT2D eigenvalue weighted by Gasteiger charge is -2.06. The lowest BCUT2D eigenvalue weighted by molar-refractivity contribution is -0.137. The summed E-state index contributed by atoms with van der Waals surface area (Å²) in [6, 6.07) is 3.98. The highest BCUT2D eigenvalue weighted by atomic mass is 19.4. The molecule has 4 heteroatoms. The largest absolute Gasteiger partial charge is 0.416 e. The minimum absolute atomic E-state index is 0.144. The van der Waals surface area contributed by atoms with Crippen LogP contribution >= 0.6 is 0 Å². The predicted molar refractivity (Wildman–Crippen MR) is 41.6 cm³/mol. The first-order valence-corrected chi connectivity index (χ1v) is 3.43. The maximum Gasteiger partial charge on any atom is 0.416 e. The van der Waals surface area contributed by atoms with Crippen molar-refractivity contribution in [1.82, 2.24) is 0 Å². The van der Waals surface area contributed by atoms with Crippen LogP contribution in [0.3, 0.4) is 0 Å². The summed E-state index contributed by atoms with van der Waals surface area (Å²) < 4.78 is 48.7. The molecule has 0 nitrogen and oxygen atoms in total. The van der Waals surface area contributed by atoms with Gasteiger partial charge in [0.15, 0.2) is 0 Å². The monoisotopic (exact) mass is 190 g/mol. The average Bonchev–Trinajstić information content (AvgIpc) is 2.03. The second kappa shape index (κ2) is 3.20. The molecular formula is C9H6F4. The number of hydrogen-bond donors (Lipinski definition) is 0. The zero-order valence-electron chi connectivity index (χ0n) is 6.53. The first-order valence-electron chi connectivity index (χ1n) is 3.43. The SMILES string of the molecule is C=C(F)c1cccc(C(F)(F)F)c1. The molecule has 0 radical (unpaired) electrons. The van der Waals surface area contributed by atoms with Gasteiger partial charge in [-0.15, -0.1) is 0 Å². The van der Waals surface area contributed by atoms with E-state index >= 15 is 0 Å². The smallest absolute Gasteiger partial charge is 0.207 e. The minimum atomic E-state index is -4.44. The Labute approximate surface area is 72.5 Å². The van der Waals surface area contributed by atoms with Crippen LogP contribution < -0.4 is 0 Å². The molecule has 0 spiro atoms. The first kappa shape index (κ1) is 9.77. The minimum Gasteiger partial charge on any atom is -0.207 e. The molecule has 0 amide bonds. The zero-order valence-corrected chi connectivity index (χ0v) is 6.53. The van der Waals surface area contributed by atoms with Crippen LogP contribution in [0.2, 0.25) is 0 Å². The number of alkyl halides is 3. The highest BCUT2D eigenvalue weighted by Gasteiger charge is 2.30. The quantitative estimate of drug-likeness (QED) is 0.593. The van der Waals surface area contributed by atoms with E-state index in [0.717, 1.165) is 18.2 Å². The van der Waals surface area contributed by atoms with Crippen molar-refractivity contribution < 1.29 is 17.6 Å². The van der Waals surface area contributed by atoms with Gasteiger partial charge in [0.05, 0.1) is 5.56 Å². The Balaban J connectivity index is 3.13. The maximum atomic E-state index is 12.4. The Morgan fingerprint density at radius 2 is 1.85 bits per heavy atom. The average molecular weight is 190 g/mol. The Morgan fingerprint density at radius 1 is 1.23 bits per heavy atom. The standard InChI is InChI=1S/C9H6F4/c1-6(10)7-3-2-4-8(5-7)9(11,12)13/h2-5H,1H2. The Hall–Kier alpha value is -1.32. The third-order valence-electron chi connectivity index (χ3n) is 1.50. The molecule has 0 aliphatic heterocycles. The summed E-state index contributed by atoms with van der Waals surface area (Å²) in [5.41, 5.74) is -1.02. The normalized spacial score (nSPS) is 11.4. The van der Waals surface area contributed by atoms with E-state index < -0.39 is 17.6 Å². The molecule has 1 aromatic carbocycles. The van der Waals surface area contributed by atoms with Crippen LogP contribution in [-0.4, -0.2) is 0 Å². The lowest BCUT2D eigenvalue weighted by Crippen LogP contribution is -2.04. The lowest BCUT2D eigenvalue weighted by atomic mass is 10.1. The van der Waals surface area contributed by atoms with Crippen LogP contribution in [0.25, 0.3) is 5.83 Å². The van der Waals surface area contributed by atoms with E-state index in [0.29, 0.717) is 0 Å². The van der Waals surface area contributed by atoms with Crippen LogP contribution in [0.1, 0.15) is 11.1 Å². The highest BCUT2D eigenvalue weighted by molar-refractivity contribution is 5.57. The van der Waals surface area contributed by atoms with E-state index in [4.69, 9.17) is 0 Å². The van der Waals surface area contributed by atoms with E-state index in [1.807, 2.05) is 0 Å². The summed E-state index contributed by atoms with van der Waals surface area (Å²) in [7, 11) is 0. The number of hydrogen-bond acceptors (Lipinski definition) is 0. The van der Waals surface area contributed by atoms with Gasteiger partial charge in [-0.25, -0.2) is 4.39 Å². The van der Waals surface area contributed by atoms with Gasteiger partial charge in [-0.05, 0) is 12.1 Å². The molecule has 13 heavy (non-hydrogen) atoms. The van der Waals surface area contributed by atoms with Gasteiger partial charge in [0, 0.05) is 5.56 Å². The van der Waals surface area contributed by atoms with Gasteiger partial charge < -0.3 is 0 Å². The van der Waals surface area contributed by atoms with Gasteiger partial charge in [0.25, 0.3) is 0 Å². The number of rotatable bonds is 1. The molecule has 1 aromatic rings. The number of halogens is 4. The molecule has 0 aromatic heterocycles. The van der Waals surface area contributed by atoms with E-state index in [1.165, 1.54) is 6.07 Å². The molecule has 0 atom stereocenters. The maximum absolute atomic E-state index is 12.4. The molecule has 0 aliphatic rings. The van der Waals surface area contributed by atoms with Crippen LogP contribution in [0, 0.1) is 0 Å². The molecule has 1 rings (SSSR count). The number of benzene rings is 1. The predicted octanol–water partition coefficient (Wildman–Crippen LogP) is 3.65. The van der Waals surface area contributed by atoms with Gasteiger partial charge in [-0.1, -0.05) is 18.7 Å². The van der Waals surface area contributed by atoms with Crippen LogP contribution in [0.15, 0.2) is 30.8 Å². The molecule has 70 valence electrons. The summed E-state index contributed by atoms with van der Waals surface area (Å²) in [5, 5.41) is 0. The summed E-state index contributed by atoms with van der Waals surface area (Å²) in [5.74, 6) is -0.869. The van der Waals surface area contributed by atoms with E-state index in [2.05, 4.69) is 6.58 Å². The molecule has 0 fully saturated rings. The van der Waals surface area contributed by atoms with Gasteiger partial charge in [-0.3, -0.25) is 0 Å². The first-order chi connectivity index (χ1) is 5.91. The van der Waals surface area contributed by atoms with Crippen molar-refractivity contribution in [1.29, 1.82) is 0 Å². The summed E-state index contributed by atoms with van der Waals surface area (Å²) in [4.78, 5) is 0. The fourth-order valence-electron chi connectivity index (χ4n) is 0.864. The Kier molecular flexibility index (Phi) is 2.40. The summed E-state index contributed by atoms with van der Waals surface area (Å²) >= 11 is 0. The topological polar surface area (TPSA) is 0 Å². The fourth-order valence-corrected chi connectivity index (χ4v) is 0.864. The fraction of sp³-hybridized carbons (Fsp3) is 0.111. The molecule has 0 bridgehead atoms. The van der Waals surface area contributed by atoms with E-state index in [9.17, 15) is 17.6 Å². The van der Waals surface area contributed by atoms with Gasteiger partial charge in [0.2, 0.25) is 0 Å². The molecule has 0 saturated carbocycles. The third kappa shape index (κ3) is 2.31. The van der Waals surface area contributed by atoms with Crippen molar-refractivity contribution in [3.63, 3.8) is 0 Å². The van der Waals surface area contributed by atoms with E-state index in [-0.39, 0.29) is 5.56 Å². The molecule has 0 N–H and O–H groups in total. The van der Waals surface area contributed by atoms with Crippen molar-refractivity contribution in [2.75, 3.05) is 0 Å². The van der Waals surface area contributed by atoms with E-state index in [1.54, 1.807) is 0 Å². The second-order valence-electron chi connectivity index (χ2n) is 2.48. The molecular weight excluding hydrogens is 184 g/mol. The molecule has 0 saturated heterocycles. The summed E-state index contributed by atoms with van der Waals surface area (Å²) in [6.07, 6.45) is -4.44. The third-order valence-corrected chi connectivity index (χ3v) is 1.50. The molecule has 0 heterocycles. The van der Waals surface area contributed by atoms with Crippen molar-refractivity contribution in [2.24, 2.45) is 0 Å². The van der Waals surface area contributed by atoms with Gasteiger partial charge in [-0.2, -0.15) is 13.2 Å². The summed E-state index contributed by atoms with van der Waals surface area (Å²) in [6.45, 7) is 2.91. The highest BCUT2D eigenvalue weighted by Crippen LogP contribution is 2.30. The second-order valence-corrected chi connectivity index (χ2v) is 2.48. The van der Waals surface area contributed by atoms with Crippen molar-refractivity contribution in [3.05, 3.63) is 42.0 Å². The van der Waals surface area contributed by atoms with Crippen LogP contribution in [0.4, 0.5) is 17.6 Å². The van der Waals surface area contributed by atoms with Crippen molar-refractivity contribution >= 4 is 5.83 Å². The Morgan fingerprint density at radius 3 is 2.31 bits per heavy atom. The van der Waals surface area contributed by atoms with Gasteiger partial charge in [0.1, 0.15) is 5.83 Å². The Bertz CT molecular complexity index is 325. The molecule has 0 aliphatic carbocycles. The van der Waals surface area contributed by atoms with Gasteiger partial charge >= 0.3 is 6.18 Å².